The molecule has 2 heterocycles. The molecule has 9 rings (SSSR count). The Morgan fingerprint density at radius 3 is 2.16 bits per heavy atom. The van der Waals surface area contributed by atoms with E-state index in [4.69, 9.17) is 14.4 Å². The fourth-order valence-corrected chi connectivity index (χ4v) is 7.86. The lowest BCUT2D eigenvalue weighted by Crippen LogP contribution is -2.28. The van der Waals surface area contributed by atoms with Gasteiger partial charge in [-0.3, -0.25) is 0 Å². The highest BCUT2D eigenvalue weighted by molar-refractivity contribution is 6.08. The zero-order chi connectivity index (χ0) is 30.0. The molecule has 2 aliphatic carbocycles. The molecule has 0 aliphatic heterocycles. The Kier molecular flexibility index (Phi) is 5.76. The first-order valence-electron chi connectivity index (χ1n) is 15.8. The maximum Gasteiger partial charge on any atom is 0.180 e. The van der Waals surface area contributed by atoms with Gasteiger partial charge in [0.05, 0.1) is 11.6 Å². The summed E-state index contributed by atoms with van der Waals surface area (Å²) in [5.41, 5.74) is 13.3. The zero-order valence-corrected chi connectivity index (χ0v) is 24.8. The second kappa shape index (κ2) is 10.0. The van der Waals surface area contributed by atoms with Gasteiger partial charge in [-0.15, -0.1) is 0 Å². The number of hydrogen-bond acceptors (Lipinski definition) is 4. The summed E-state index contributed by atoms with van der Waals surface area (Å²) in [4.78, 5) is 10.2. The quantitative estimate of drug-likeness (QED) is 0.209. The number of aromatic nitrogens is 2. The van der Waals surface area contributed by atoms with Gasteiger partial charge in [0.25, 0.3) is 0 Å². The molecule has 45 heavy (non-hydrogen) atoms. The van der Waals surface area contributed by atoms with Crippen LogP contribution in [0.5, 0.6) is 0 Å². The van der Waals surface area contributed by atoms with Crippen molar-refractivity contribution in [1.82, 2.24) is 9.97 Å². The SMILES string of the molecule is N#Cc1ccc2c(c1)C1(CCCCC1)c1cc(-c3ccccc3-c3nc(-c4ccccc4)nc4c3oc3ccccc34)ccc1-2. The normalized spacial score (nSPS) is 14.8. The van der Waals surface area contributed by atoms with Gasteiger partial charge in [0.2, 0.25) is 0 Å². The Balaban J connectivity index is 1.27. The first kappa shape index (κ1) is 25.9. The van der Waals surface area contributed by atoms with Gasteiger partial charge in [-0.05, 0) is 76.6 Å². The van der Waals surface area contributed by atoms with Gasteiger partial charge in [-0.1, -0.05) is 104 Å². The van der Waals surface area contributed by atoms with Crippen molar-refractivity contribution in [3.63, 3.8) is 0 Å². The predicted octanol–water partition coefficient (Wildman–Crippen LogP) is 10.5. The molecular weight excluding hydrogens is 550 g/mol. The highest BCUT2D eigenvalue weighted by atomic mass is 16.3. The lowest BCUT2D eigenvalue weighted by Gasteiger charge is -2.36. The molecule has 7 aromatic rings. The summed E-state index contributed by atoms with van der Waals surface area (Å²) in [6, 6.07) is 42.4. The molecular formula is C41H29N3O. The van der Waals surface area contributed by atoms with Crippen molar-refractivity contribution in [2.45, 2.75) is 37.5 Å². The van der Waals surface area contributed by atoms with E-state index in [2.05, 4.69) is 78.9 Å². The standard InChI is InChI=1S/C41H29N3O/c42-25-26-17-19-30-31-20-18-28(24-35(31)41(34(30)23-26)21-9-2-10-22-41)29-13-5-6-14-32(29)37-39-38(33-15-7-8-16-36(33)45-39)44-40(43-37)27-11-3-1-4-12-27/h1,3-8,11-20,23-24H,2,9-10,21-22H2. The molecule has 2 aromatic heterocycles. The van der Waals surface area contributed by atoms with Gasteiger partial charge >= 0.3 is 0 Å². The van der Waals surface area contributed by atoms with Crippen LogP contribution in [0.25, 0.3) is 67.0 Å². The van der Waals surface area contributed by atoms with E-state index in [9.17, 15) is 5.26 Å². The lowest BCUT2D eigenvalue weighted by atomic mass is 9.67. The summed E-state index contributed by atoms with van der Waals surface area (Å²) in [7, 11) is 0. The van der Waals surface area contributed by atoms with Crippen molar-refractivity contribution in [1.29, 1.82) is 5.26 Å². The first-order valence-corrected chi connectivity index (χ1v) is 15.8. The minimum absolute atomic E-state index is 0.0534. The smallest absolute Gasteiger partial charge is 0.180 e. The fraction of sp³-hybridized carbons (Fsp3) is 0.146. The largest absolute Gasteiger partial charge is 0.452 e. The third kappa shape index (κ3) is 3.90. The van der Waals surface area contributed by atoms with E-state index in [1.807, 2.05) is 42.5 Å². The minimum atomic E-state index is -0.0534. The monoisotopic (exact) mass is 579 g/mol. The molecule has 1 saturated carbocycles. The van der Waals surface area contributed by atoms with E-state index < -0.39 is 0 Å². The summed E-state index contributed by atoms with van der Waals surface area (Å²) < 4.78 is 6.50. The van der Waals surface area contributed by atoms with Gasteiger partial charge in [0.1, 0.15) is 16.8 Å². The fourth-order valence-electron chi connectivity index (χ4n) is 7.86. The van der Waals surface area contributed by atoms with Crippen LogP contribution in [-0.4, -0.2) is 9.97 Å². The summed E-state index contributed by atoms with van der Waals surface area (Å²) in [6.07, 6.45) is 5.88. The molecule has 214 valence electrons. The number of para-hydroxylation sites is 1. The van der Waals surface area contributed by atoms with Crippen molar-refractivity contribution in [2.24, 2.45) is 0 Å². The van der Waals surface area contributed by atoms with E-state index in [-0.39, 0.29) is 5.41 Å². The average Bonchev–Trinajstić information content (AvgIpc) is 3.61. The van der Waals surface area contributed by atoms with Crippen LogP contribution >= 0.6 is 0 Å². The lowest BCUT2D eigenvalue weighted by molar-refractivity contribution is 0.353. The van der Waals surface area contributed by atoms with Crippen molar-refractivity contribution >= 4 is 22.1 Å². The minimum Gasteiger partial charge on any atom is -0.452 e. The third-order valence-corrected chi connectivity index (χ3v) is 9.94. The van der Waals surface area contributed by atoms with Crippen LogP contribution < -0.4 is 0 Å². The van der Waals surface area contributed by atoms with Gasteiger partial charge in [0, 0.05) is 21.9 Å². The maximum atomic E-state index is 9.75. The maximum absolute atomic E-state index is 9.75. The van der Waals surface area contributed by atoms with Gasteiger partial charge in [0.15, 0.2) is 11.4 Å². The molecule has 5 aromatic carbocycles. The van der Waals surface area contributed by atoms with E-state index in [1.54, 1.807) is 0 Å². The molecule has 0 amide bonds. The molecule has 0 unspecified atom stereocenters. The van der Waals surface area contributed by atoms with Gasteiger partial charge < -0.3 is 4.42 Å². The summed E-state index contributed by atoms with van der Waals surface area (Å²) in [6.45, 7) is 0. The summed E-state index contributed by atoms with van der Waals surface area (Å²) >= 11 is 0. The van der Waals surface area contributed by atoms with Crippen LogP contribution in [0.2, 0.25) is 0 Å². The van der Waals surface area contributed by atoms with Crippen molar-refractivity contribution in [3.05, 3.63) is 132 Å². The molecule has 0 bridgehead atoms. The topological polar surface area (TPSA) is 62.7 Å². The highest BCUT2D eigenvalue weighted by Gasteiger charge is 2.44. The Morgan fingerprint density at radius 2 is 1.33 bits per heavy atom. The van der Waals surface area contributed by atoms with Crippen molar-refractivity contribution in [3.8, 4) is 51.0 Å². The van der Waals surface area contributed by atoms with E-state index in [0.29, 0.717) is 11.4 Å². The number of hydrogen-bond donors (Lipinski definition) is 0. The Labute approximate surface area is 261 Å². The number of nitrogens with zero attached hydrogens (tertiary/aromatic N) is 3. The van der Waals surface area contributed by atoms with Crippen LogP contribution in [0.3, 0.4) is 0 Å². The molecule has 4 nitrogen and oxygen atoms in total. The van der Waals surface area contributed by atoms with E-state index in [0.717, 1.165) is 62.8 Å². The molecule has 0 atom stereocenters. The van der Waals surface area contributed by atoms with Crippen LogP contribution in [0.1, 0.15) is 48.8 Å². The average molecular weight is 580 g/mol. The number of furan rings is 1. The van der Waals surface area contributed by atoms with Gasteiger partial charge in [-0.2, -0.15) is 5.26 Å². The number of benzene rings is 5. The molecule has 2 aliphatic rings. The molecule has 0 radical (unpaired) electrons. The van der Waals surface area contributed by atoms with Crippen LogP contribution in [0.15, 0.2) is 120 Å². The van der Waals surface area contributed by atoms with Crippen LogP contribution in [0, 0.1) is 11.3 Å². The van der Waals surface area contributed by atoms with E-state index >= 15 is 0 Å². The molecule has 1 fully saturated rings. The zero-order valence-electron chi connectivity index (χ0n) is 24.8. The number of rotatable bonds is 3. The summed E-state index contributed by atoms with van der Waals surface area (Å²) in [5, 5.41) is 10.7. The molecule has 0 saturated heterocycles. The Morgan fingerprint density at radius 1 is 0.622 bits per heavy atom. The van der Waals surface area contributed by atoms with Gasteiger partial charge in [-0.25, -0.2) is 9.97 Å². The molecule has 0 N–H and O–H groups in total. The second-order valence-corrected chi connectivity index (χ2v) is 12.4. The Bertz CT molecular complexity index is 2320. The number of nitriles is 1. The summed E-state index contributed by atoms with van der Waals surface area (Å²) in [5.74, 6) is 0.679. The van der Waals surface area contributed by atoms with Crippen LogP contribution in [-0.2, 0) is 5.41 Å². The van der Waals surface area contributed by atoms with Crippen LogP contribution in [0.4, 0.5) is 0 Å². The van der Waals surface area contributed by atoms with Crippen molar-refractivity contribution < 1.29 is 4.42 Å². The molecule has 1 spiro atoms. The second-order valence-electron chi connectivity index (χ2n) is 12.4. The highest BCUT2D eigenvalue weighted by Crippen LogP contribution is 2.56. The van der Waals surface area contributed by atoms with E-state index in [1.165, 1.54) is 41.5 Å². The third-order valence-electron chi connectivity index (χ3n) is 9.94. The Hall–Kier alpha value is -5.53. The molecule has 4 heteroatoms. The number of fused-ring (bicyclic) bond motifs is 8. The first-order chi connectivity index (χ1) is 22.2. The van der Waals surface area contributed by atoms with Crippen molar-refractivity contribution in [2.75, 3.05) is 0 Å². The predicted molar refractivity (Wildman–Crippen MR) is 180 cm³/mol.